The van der Waals surface area contributed by atoms with Crippen molar-refractivity contribution in [1.82, 2.24) is 0 Å². The van der Waals surface area contributed by atoms with Crippen molar-refractivity contribution in [2.45, 2.75) is 65.8 Å². The largest absolute Gasteiger partial charge is 0.325 e. The van der Waals surface area contributed by atoms with Crippen LogP contribution in [0.15, 0.2) is 0 Å². The maximum Gasteiger partial charge on any atom is 0.0148 e. The minimum Gasteiger partial charge on any atom is -0.325 e. The van der Waals surface area contributed by atoms with E-state index in [-0.39, 0.29) is 23.4 Å². The van der Waals surface area contributed by atoms with Crippen molar-refractivity contribution < 1.29 is 0 Å². The topological polar surface area (TPSA) is 26.0 Å². The van der Waals surface area contributed by atoms with Crippen molar-refractivity contribution in [1.29, 1.82) is 0 Å². The number of hydrogen-bond acceptors (Lipinski definition) is 1. The van der Waals surface area contributed by atoms with Crippen molar-refractivity contribution in [3.63, 3.8) is 0 Å². The summed E-state index contributed by atoms with van der Waals surface area (Å²) < 4.78 is 0. The third kappa shape index (κ3) is 5.53. The van der Waals surface area contributed by atoms with Crippen LogP contribution in [0.1, 0.15) is 60.3 Å². The Morgan fingerprint density at radius 2 is 1.46 bits per heavy atom. The summed E-state index contributed by atoms with van der Waals surface area (Å²) in [5.41, 5.74) is 6.31. The number of hydrogen-bond donors (Lipinski definition) is 1. The molecule has 0 radical (unpaired) electrons. The monoisotopic (exact) mass is 207 g/mol. The molecule has 0 saturated heterocycles. The SMILES string of the molecule is CCCCCC(C)(C)C(C)(C)N.Cl. The highest BCUT2D eigenvalue weighted by molar-refractivity contribution is 5.85. The molecule has 0 aromatic heterocycles. The summed E-state index contributed by atoms with van der Waals surface area (Å²) in [5.74, 6) is 0. The van der Waals surface area contributed by atoms with E-state index in [0.717, 1.165) is 0 Å². The Morgan fingerprint density at radius 3 is 1.77 bits per heavy atom. The van der Waals surface area contributed by atoms with Crippen LogP contribution in [0.3, 0.4) is 0 Å². The predicted octanol–water partition coefficient (Wildman–Crippen LogP) is 3.75. The standard InChI is InChI=1S/C11H25N.ClH/c1-6-7-8-9-10(2,3)11(4,5)12;/h6-9,12H2,1-5H3;1H. The smallest absolute Gasteiger partial charge is 0.0148 e. The molecule has 2 N–H and O–H groups in total. The molecule has 0 spiro atoms. The van der Waals surface area contributed by atoms with Crippen LogP contribution in [0.4, 0.5) is 0 Å². The normalized spacial score (nSPS) is 12.5. The number of nitrogens with two attached hydrogens (primary N) is 1. The van der Waals surface area contributed by atoms with Crippen molar-refractivity contribution >= 4 is 12.4 Å². The van der Waals surface area contributed by atoms with E-state index < -0.39 is 0 Å². The van der Waals surface area contributed by atoms with Crippen molar-refractivity contribution in [2.24, 2.45) is 11.1 Å². The van der Waals surface area contributed by atoms with E-state index >= 15 is 0 Å². The summed E-state index contributed by atoms with van der Waals surface area (Å²) in [6.07, 6.45) is 5.18. The highest BCUT2D eigenvalue weighted by Crippen LogP contribution is 2.33. The first-order chi connectivity index (χ1) is 5.31. The van der Waals surface area contributed by atoms with E-state index in [4.69, 9.17) is 5.73 Å². The Bertz CT molecular complexity index is 125. The van der Waals surface area contributed by atoms with Gasteiger partial charge in [-0.3, -0.25) is 0 Å². The van der Waals surface area contributed by atoms with Gasteiger partial charge in [0.05, 0.1) is 0 Å². The highest BCUT2D eigenvalue weighted by atomic mass is 35.5. The molecule has 0 aromatic carbocycles. The van der Waals surface area contributed by atoms with E-state index in [1.54, 1.807) is 0 Å². The fourth-order valence-corrected chi connectivity index (χ4v) is 1.14. The maximum absolute atomic E-state index is 6.10. The molecule has 2 heteroatoms. The lowest BCUT2D eigenvalue weighted by atomic mass is 9.72. The van der Waals surface area contributed by atoms with Crippen LogP contribution in [-0.2, 0) is 0 Å². The average molecular weight is 208 g/mol. The van der Waals surface area contributed by atoms with Gasteiger partial charge in [-0.1, -0.05) is 40.0 Å². The van der Waals surface area contributed by atoms with E-state index in [2.05, 4.69) is 34.6 Å². The Labute approximate surface area is 89.9 Å². The fraction of sp³-hybridized carbons (Fsp3) is 1.00. The molecule has 13 heavy (non-hydrogen) atoms. The van der Waals surface area contributed by atoms with Gasteiger partial charge in [0.1, 0.15) is 0 Å². The lowest BCUT2D eigenvalue weighted by Crippen LogP contribution is -2.47. The van der Waals surface area contributed by atoms with Gasteiger partial charge in [0.25, 0.3) is 0 Å². The van der Waals surface area contributed by atoms with E-state index in [0.29, 0.717) is 0 Å². The molecule has 0 amide bonds. The van der Waals surface area contributed by atoms with Gasteiger partial charge in [0.2, 0.25) is 0 Å². The van der Waals surface area contributed by atoms with Crippen LogP contribution in [0, 0.1) is 5.41 Å². The zero-order valence-corrected chi connectivity index (χ0v) is 10.6. The zero-order chi connectivity index (χ0) is 9.83. The fourth-order valence-electron chi connectivity index (χ4n) is 1.14. The zero-order valence-electron chi connectivity index (χ0n) is 9.81. The minimum atomic E-state index is -0.0548. The van der Waals surface area contributed by atoms with Gasteiger partial charge in [0.15, 0.2) is 0 Å². The summed E-state index contributed by atoms with van der Waals surface area (Å²) in [5, 5.41) is 0. The van der Waals surface area contributed by atoms with Crippen LogP contribution in [-0.4, -0.2) is 5.54 Å². The number of rotatable bonds is 5. The lowest BCUT2D eigenvalue weighted by molar-refractivity contribution is 0.180. The second-order valence-corrected chi connectivity index (χ2v) is 5.06. The molecular formula is C11H26ClN. The molecule has 0 fully saturated rings. The van der Waals surface area contributed by atoms with Crippen molar-refractivity contribution in [3.8, 4) is 0 Å². The van der Waals surface area contributed by atoms with Crippen molar-refractivity contribution in [2.75, 3.05) is 0 Å². The number of unbranched alkanes of at least 4 members (excludes halogenated alkanes) is 2. The van der Waals surface area contributed by atoms with Crippen LogP contribution in [0.25, 0.3) is 0 Å². The molecule has 0 aliphatic rings. The molecule has 0 heterocycles. The van der Waals surface area contributed by atoms with Gasteiger partial charge in [-0.2, -0.15) is 0 Å². The molecule has 1 nitrogen and oxygen atoms in total. The Kier molecular flexibility index (Phi) is 7.10. The molecule has 0 aromatic rings. The van der Waals surface area contributed by atoms with Crippen LogP contribution < -0.4 is 5.73 Å². The predicted molar refractivity (Wildman–Crippen MR) is 63.4 cm³/mol. The Balaban J connectivity index is 0. The summed E-state index contributed by atoms with van der Waals surface area (Å²) in [4.78, 5) is 0. The molecule has 0 aliphatic carbocycles. The molecule has 82 valence electrons. The molecule has 0 bridgehead atoms. The van der Waals surface area contributed by atoms with E-state index in [1.165, 1.54) is 25.7 Å². The molecular weight excluding hydrogens is 182 g/mol. The first-order valence-corrected chi connectivity index (χ1v) is 5.10. The quantitative estimate of drug-likeness (QED) is 0.683. The van der Waals surface area contributed by atoms with Gasteiger partial charge in [-0.05, 0) is 25.7 Å². The van der Waals surface area contributed by atoms with Crippen LogP contribution in [0.2, 0.25) is 0 Å². The Hall–Kier alpha value is 0.250. The number of halogens is 1. The molecule has 0 atom stereocenters. The maximum atomic E-state index is 6.10. The van der Waals surface area contributed by atoms with Gasteiger partial charge in [0, 0.05) is 5.54 Å². The summed E-state index contributed by atoms with van der Waals surface area (Å²) in [7, 11) is 0. The Morgan fingerprint density at radius 1 is 1.00 bits per heavy atom. The molecule has 0 saturated carbocycles. The summed E-state index contributed by atoms with van der Waals surface area (Å²) in [6.45, 7) is 11.0. The van der Waals surface area contributed by atoms with Crippen molar-refractivity contribution in [3.05, 3.63) is 0 Å². The molecule has 0 rings (SSSR count). The molecule has 0 unspecified atom stereocenters. The van der Waals surface area contributed by atoms with Gasteiger partial charge in [-0.25, -0.2) is 0 Å². The molecule has 0 aliphatic heterocycles. The third-order valence-electron chi connectivity index (χ3n) is 3.15. The first kappa shape index (κ1) is 15.7. The van der Waals surface area contributed by atoms with E-state index in [1.807, 2.05) is 0 Å². The third-order valence-corrected chi connectivity index (χ3v) is 3.15. The van der Waals surface area contributed by atoms with Crippen LogP contribution >= 0.6 is 12.4 Å². The van der Waals surface area contributed by atoms with Gasteiger partial charge >= 0.3 is 0 Å². The minimum absolute atomic E-state index is 0. The second kappa shape index (κ2) is 5.87. The lowest BCUT2D eigenvalue weighted by Gasteiger charge is -2.38. The van der Waals surface area contributed by atoms with Gasteiger partial charge in [-0.15, -0.1) is 12.4 Å². The average Bonchev–Trinajstić information content (AvgIpc) is 1.85. The highest BCUT2D eigenvalue weighted by Gasteiger charge is 2.32. The van der Waals surface area contributed by atoms with Gasteiger partial charge < -0.3 is 5.73 Å². The second-order valence-electron chi connectivity index (χ2n) is 5.06. The first-order valence-electron chi connectivity index (χ1n) is 5.10. The summed E-state index contributed by atoms with van der Waals surface area (Å²) >= 11 is 0. The van der Waals surface area contributed by atoms with Crippen LogP contribution in [0.5, 0.6) is 0 Å². The van der Waals surface area contributed by atoms with E-state index in [9.17, 15) is 0 Å². The summed E-state index contributed by atoms with van der Waals surface area (Å²) in [6, 6.07) is 0.